The van der Waals surface area contributed by atoms with E-state index in [0.29, 0.717) is 11.4 Å². The van der Waals surface area contributed by atoms with Crippen molar-refractivity contribution < 1.29 is 9.53 Å². The minimum Gasteiger partial charge on any atom is -0.482 e. The van der Waals surface area contributed by atoms with Crippen molar-refractivity contribution in [2.24, 2.45) is 0 Å². The molecule has 1 aliphatic rings. The highest BCUT2D eigenvalue weighted by Crippen LogP contribution is 2.22. The third-order valence-corrected chi connectivity index (χ3v) is 4.80. The predicted octanol–water partition coefficient (Wildman–Crippen LogP) is 3.55. The molecule has 3 heterocycles. The molecule has 0 spiro atoms. The minimum absolute atomic E-state index is 0.0725. The predicted molar refractivity (Wildman–Crippen MR) is 112 cm³/mol. The van der Waals surface area contributed by atoms with Crippen molar-refractivity contribution in [3.05, 3.63) is 60.9 Å². The number of carbonyl (C=O) groups is 1. The van der Waals surface area contributed by atoms with Gasteiger partial charge in [-0.25, -0.2) is 0 Å². The Kier molecular flexibility index (Phi) is 5.95. The molecule has 1 amide bonds. The monoisotopic (exact) mass is 389 g/mol. The molecule has 1 saturated heterocycles. The van der Waals surface area contributed by atoms with Crippen molar-refractivity contribution in [1.29, 1.82) is 0 Å². The molecule has 0 aliphatic carbocycles. The number of piperidine rings is 1. The Morgan fingerprint density at radius 3 is 2.52 bits per heavy atom. The van der Waals surface area contributed by atoms with Gasteiger partial charge in [-0.3, -0.25) is 9.78 Å². The summed E-state index contributed by atoms with van der Waals surface area (Å²) in [5, 5.41) is 11.6. The molecule has 1 fully saturated rings. The normalized spacial score (nSPS) is 13.7. The third-order valence-electron chi connectivity index (χ3n) is 4.80. The third kappa shape index (κ3) is 5.07. The van der Waals surface area contributed by atoms with Crippen molar-refractivity contribution >= 4 is 17.4 Å². The summed E-state index contributed by atoms with van der Waals surface area (Å²) in [6, 6.07) is 15.1. The Hall–Kier alpha value is -3.48. The van der Waals surface area contributed by atoms with E-state index in [9.17, 15) is 4.79 Å². The van der Waals surface area contributed by atoms with Crippen LogP contribution in [0.15, 0.2) is 60.9 Å². The van der Waals surface area contributed by atoms with Gasteiger partial charge >= 0.3 is 0 Å². The van der Waals surface area contributed by atoms with Gasteiger partial charge in [0.1, 0.15) is 5.75 Å². The van der Waals surface area contributed by atoms with Gasteiger partial charge in [0, 0.05) is 30.5 Å². The summed E-state index contributed by atoms with van der Waals surface area (Å²) in [6.45, 7) is 2.02. The highest BCUT2D eigenvalue weighted by molar-refractivity contribution is 5.92. The Morgan fingerprint density at radius 2 is 1.83 bits per heavy atom. The highest BCUT2D eigenvalue weighted by Gasteiger charge is 2.12. The molecule has 7 heteroatoms. The second kappa shape index (κ2) is 9.14. The number of carbonyl (C=O) groups excluding carboxylic acids is 1. The first-order valence-corrected chi connectivity index (χ1v) is 9.80. The number of pyridine rings is 1. The maximum atomic E-state index is 12.0. The van der Waals surface area contributed by atoms with Gasteiger partial charge in [-0.05, 0) is 55.7 Å². The molecular formula is C22H23N5O2. The van der Waals surface area contributed by atoms with Crippen LogP contribution in [0.2, 0.25) is 0 Å². The Morgan fingerprint density at radius 1 is 1.00 bits per heavy atom. The van der Waals surface area contributed by atoms with Gasteiger partial charge in [-0.1, -0.05) is 12.1 Å². The van der Waals surface area contributed by atoms with Gasteiger partial charge in [0.2, 0.25) is 0 Å². The zero-order valence-corrected chi connectivity index (χ0v) is 16.1. The number of hydrogen-bond donors (Lipinski definition) is 1. The lowest BCUT2D eigenvalue weighted by atomic mass is 10.1. The van der Waals surface area contributed by atoms with Gasteiger partial charge in [-0.15, -0.1) is 10.2 Å². The number of nitrogens with one attached hydrogen (secondary N) is 1. The van der Waals surface area contributed by atoms with Crippen LogP contribution in [0.1, 0.15) is 19.3 Å². The highest BCUT2D eigenvalue weighted by atomic mass is 16.5. The number of anilines is 2. The van der Waals surface area contributed by atoms with Crippen molar-refractivity contribution in [3.63, 3.8) is 0 Å². The van der Waals surface area contributed by atoms with Crippen molar-refractivity contribution in [2.75, 3.05) is 29.9 Å². The molecule has 148 valence electrons. The smallest absolute Gasteiger partial charge is 0.262 e. The number of aromatic nitrogens is 3. The van der Waals surface area contributed by atoms with E-state index in [1.54, 1.807) is 24.5 Å². The van der Waals surface area contributed by atoms with Gasteiger partial charge in [0.25, 0.3) is 5.91 Å². The standard InChI is InChI=1S/C22H23N5O2/c28-22(16-29-19-5-4-12-23-15-19)24-18-8-6-17(7-9-18)20-10-11-21(26-25-20)27-13-2-1-3-14-27/h4-12,15H,1-3,13-14,16H2,(H,24,28). The average molecular weight is 389 g/mol. The molecule has 7 nitrogen and oxygen atoms in total. The summed E-state index contributed by atoms with van der Waals surface area (Å²) in [6.07, 6.45) is 6.94. The SMILES string of the molecule is O=C(COc1cccnc1)Nc1ccc(-c2ccc(N3CCCCC3)nn2)cc1. The largest absolute Gasteiger partial charge is 0.482 e. The van der Waals surface area contributed by atoms with Crippen molar-refractivity contribution in [3.8, 4) is 17.0 Å². The molecule has 3 aromatic rings. The summed E-state index contributed by atoms with van der Waals surface area (Å²) in [5.41, 5.74) is 2.46. The van der Waals surface area contributed by atoms with Crippen LogP contribution in [0.25, 0.3) is 11.3 Å². The van der Waals surface area contributed by atoms with Crippen LogP contribution in [-0.4, -0.2) is 40.8 Å². The second-order valence-corrected chi connectivity index (χ2v) is 6.93. The fourth-order valence-electron chi connectivity index (χ4n) is 3.27. The molecule has 4 rings (SSSR count). The molecular weight excluding hydrogens is 366 g/mol. The number of benzene rings is 1. The summed E-state index contributed by atoms with van der Waals surface area (Å²) < 4.78 is 5.40. The van der Waals surface area contributed by atoms with Gasteiger partial charge < -0.3 is 15.0 Å². The Labute approximate surface area is 169 Å². The Balaban J connectivity index is 1.33. The molecule has 1 aliphatic heterocycles. The van der Waals surface area contributed by atoms with Crippen LogP contribution in [0, 0.1) is 0 Å². The number of nitrogens with zero attached hydrogens (tertiary/aromatic N) is 4. The van der Waals surface area contributed by atoms with E-state index in [1.807, 2.05) is 36.4 Å². The molecule has 0 radical (unpaired) electrons. The maximum absolute atomic E-state index is 12.0. The number of rotatable bonds is 6. The maximum Gasteiger partial charge on any atom is 0.262 e. The summed E-state index contributed by atoms with van der Waals surface area (Å²) in [4.78, 5) is 18.3. The van der Waals surface area contributed by atoms with E-state index in [2.05, 4.69) is 25.4 Å². The average Bonchev–Trinajstić information content (AvgIpc) is 2.80. The molecule has 1 N–H and O–H groups in total. The molecule has 0 unspecified atom stereocenters. The topological polar surface area (TPSA) is 80.2 Å². The van der Waals surface area contributed by atoms with Crippen LogP contribution < -0.4 is 15.0 Å². The lowest BCUT2D eigenvalue weighted by Crippen LogP contribution is -2.30. The molecule has 1 aromatic carbocycles. The lowest BCUT2D eigenvalue weighted by molar-refractivity contribution is -0.118. The van der Waals surface area contributed by atoms with Gasteiger partial charge in [0.05, 0.1) is 11.9 Å². The lowest BCUT2D eigenvalue weighted by Gasteiger charge is -2.27. The number of amides is 1. The Bertz CT molecular complexity index is 924. The first kappa shape index (κ1) is 18.9. The minimum atomic E-state index is -0.229. The fraction of sp³-hybridized carbons (Fsp3) is 0.273. The molecule has 29 heavy (non-hydrogen) atoms. The first-order chi connectivity index (χ1) is 14.3. The van der Waals surface area contributed by atoms with Crippen LogP contribution >= 0.6 is 0 Å². The van der Waals surface area contributed by atoms with E-state index in [-0.39, 0.29) is 12.5 Å². The van der Waals surface area contributed by atoms with Gasteiger partial charge in [0.15, 0.2) is 12.4 Å². The summed E-state index contributed by atoms with van der Waals surface area (Å²) >= 11 is 0. The van der Waals surface area contributed by atoms with E-state index < -0.39 is 0 Å². The molecule has 0 saturated carbocycles. The van der Waals surface area contributed by atoms with Gasteiger partial charge in [-0.2, -0.15) is 0 Å². The van der Waals surface area contributed by atoms with Crippen LogP contribution in [0.5, 0.6) is 5.75 Å². The van der Waals surface area contributed by atoms with E-state index in [4.69, 9.17) is 4.74 Å². The number of ether oxygens (including phenoxy) is 1. The van der Waals surface area contributed by atoms with Crippen LogP contribution in [0.3, 0.4) is 0 Å². The fourth-order valence-corrected chi connectivity index (χ4v) is 3.27. The molecule has 0 atom stereocenters. The second-order valence-electron chi connectivity index (χ2n) is 6.93. The van der Waals surface area contributed by atoms with Crippen molar-refractivity contribution in [1.82, 2.24) is 15.2 Å². The zero-order chi connectivity index (χ0) is 19.9. The first-order valence-electron chi connectivity index (χ1n) is 9.80. The zero-order valence-electron chi connectivity index (χ0n) is 16.1. The summed E-state index contributed by atoms with van der Waals surface area (Å²) in [5.74, 6) is 1.27. The number of hydrogen-bond acceptors (Lipinski definition) is 6. The molecule has 2 aromatic heterocycles. The molecule has 0 bridgehead atoms. The summed E-state index contributed by atoms with van der Waals surface area (Å²) in [7, 11) is 0. The van der Waals surface area contributed by atoms with E-state index in [0.717, 1.165) is 30.2 Å². The quantitative estimate of drug-likeness (QED) is 0.694. The van der Waals surface area contributed by atoms with Crippen LogP contribution in [-0.2, 0) is 4.79 Å². The van der Waals surface area contributed by atoms with E-state index >= 15 is 0 Å². The van der Waals surface area contributed by atoms with Crippen molar-refractivity contribution in [2.45, 2.75) is 19.3 Å². The van der Waals surface area contributed by atoms with Crippen LogP contribution in [0.4, 0.5) is 11.5 Å². The van der Waals surface area contributed by atoms with E-state index in [1.165, 1.54) is 19.3 Å².